The van der Waals surface area contributed by atoms with Crippen LogP contribution in [0.1, 0.15) is 18.1 Å². The Morgan fingerprint density at radius 1 is 0.952 bits per heavy atom. The van der Waals surface area contributed by atoms with Crippen LogP contribution in [0.15, 0.2) is 54.6 Å². The van der Waals surface area contributed by atoms with E-state index in [2.05, 4.69) is 17.4 Å². The summed E-state index contributed by atoms with van der Waals surface area (Å²) >= 11 is 0. The highest BCUT2D eigenvalue weighted by molar-refractivity contribution is 5.40. The first-order valence-electron chi connectivity index (χ1n) is 6.84. The topological polar surface area (TPSA) is 30.5 Å². The van der Waals surface area contributed by atoms with Crippen molar-refractivity contribution in [2.45, 2.75) is 12.5 Å². The van der Waals surface area contributed by atoms with Gasteiger partial charge in [-0.25, -0.2) is 0 Å². The number of nitrogens with one attached hydrogen (secondary N) is 1. The van der Waals surface area contributed by atoms with E-state index in [4.69, 9.17) is 9.47 Å². The molecule has 0 aliphatic carbocycles. The Hall–Kier alpha value is -1.71. The summed E-state index contributed by atoms with van der Waals surface area (Å²) in [7, 11) is 3.61. The number of benzene rings is 2. The van der Waals surface area contributed by atoms with Crippen LogP contribution in [0, 0.1) is 0 Å². The predicted octanol–water partition coefficient (Wildman–Crippen LogP) is 0.429. The summed E-state index contributed by atoms with van der Waals surface area (Å²) in [5, 5.41) is 3.17. The van der Waals surface area contributed by atoms with E-state index in [0.717, 1.165) is 24.5 Å². The summed E-state index contributed by atoms with van der Waals surface area (Å²) in [4.78, 5) is 0. The molecule has 1 atom stereocenters. The molecule has 0 aliphatic heterocycles. The molecule has 0 saturated carbocycles. The van der Waals surface area contributed by atoms with E-state index < -0.39 is 0 Å². The van der Waals surface area contributed by atoms with E-state index in [1.54, 1.807) is 7.11 Å². The highest BCUT2D eigenvalue weighted by Crippen LogP contribution is 2.31. The summed E-state index contributed by atoms with van der Waals surface area (Å²) in [6.45, 7) is 0.898. The number of halogens is 1. The molecule has 0 amide bonds. The van der Waals surface area contributed by atoms with E-state index in [0.29, 0.717) is 0 Å². The molecule has 2 aromatic rings. The van der Waals surface area contributed by atoms with Gasteiger partial charge in [0.2, 0.25) is 0 Å². The van der Waals surface area contributed by atoms with Crippen molar-refractivity contribution < 1.29 is 21.9 Å². The van der Waals surface area contributed by atoms with Crippen molar-refractivity contribution in [2.75, 3.05) is 20.7 Å². The van der Waals surface area contributed by atoms with Crippen molar-refractivity contribution in [3.05, 3.63) is 60.2 Å². The van der Waals surface area contributed by atoms with Gasteiger partial charge in [-0.1, -0.05) is 42.5 Å². The van der Waals surface area contributed by atoms with Crippen molar-refractivity contribution in [3.8, 4) is 11.5 Å². The first-order valence-corrected chi connectivity index (χ1v) is 6.84. The minimum Gasteiger partial charge on any atom is -1.00 e. The molecule has 1 N–H and O–H groups in total. The van der Waals surface area contributed by atoms with Gasteiger partial charge >= 0.3 is 0 Å². The van der Waals surface area contributed by atoms with Gasteiger partial charge in [0, 0.05) is 6.42 Å². The fraction of sp³-hybridized carbons (Fsp3) is 0.294. The monoisotopic (exact) mass is 306 g/mol. The van der Waals surface area contributed by atoms with Crippen molar-refractivity contribution in [1.82, 2.24) is 5.32 Å². The smallest absolute Gasteiger partial charge is 0.162 e. The first kappa shape index (κ1) is 17.3. The number of ether oxygens (including phenoxy) is 2. The molecule has 3 nitrogen and oxygen atoms in total. The zero-order valence-electron chi connectivity index (χ0n) is 12.4. The van der Waals surface area contributed by atoms with Crippen LogP contribution in [0.5, 0.6) is 11.5 Å². The second kappa shape index (κ2) is 9.27. The molecule has 1 unspecified atom stereocenters. The number of hydrogen-bond donors (Lipinski definition) is 1. The summed E-state index contributed by atoms with van der Waals surface area (Å²) in [6, 6.07) is 18.0. The summed E-state index contributed by atoms with van der Waals surface area (Å²) in [5.41, 5.74) is 1.17. The van der Waals surface area contributed by atoms with Crippen LogP contribution in [0.4, 0.5) is 0 Å². The van der Waals surface area contributed by atoms with Gasteiger partial charge in [-0.2, -0.15) is 0 Å². The van der Waals surface area contributed by atoms with Crippen molar-refractivity contribution >= 4 is 0 Å². The normalized spacial score (nSPS) is 11.3. The molecule has 0 fully saturated rings. The lowest BCUT2D eigenvalue weighted by Gasteiger charge is -2.21. The highest BCUT2D eigenvalue weighted by Gasteiger charge is 2.14. The molecule has 0 saturated heterocycles. The Labute approximate surface area is 132 Å². The molecule has 0 spiro atoms. The molecule has 2 aromatic carbocycles. The van der Waals surface area contributed by atoms with Crippen LogP contribution < -0.4 is 27.2 Å². The third kappa shape index (κ3) is 4.96. The number of hydrogen-bond acceptors (Lipinski definition) is 3. The van der Waals surface area contributed by atoms with E-state index in [1.165, 1.54) is 5.56 Å². The molecule has 21 heavy (non-hydrogen) atoms. The van der Waals surface area contributed by atoms with Gasteiger partial charge in [-0.15, -0.1) is 0 Å². The lowest BCUT2D eigenvalue weighted by Crippen LogP contribution is -3.00. The molecule has 0 aromatic heterocycles. The zero-order chi connectivity index (χ0) is 14.2. The molecule has 2 rings (SSSR count). The maximum atomic E-state index is 6.16. The number of methoxy groups -OCH3 is 1. The van der Waals surface area contributed by atoms with E-state index >= 15 is 0 Å². The Morgan fingerprint density at radius 3 is 2.19 bits per heavy atom. The third-order valence-electron chi connectivity index (χ3n) is 3.17. The molecule has 0 heterocycles. The molecule has 114 valence electrons. The molecule has 4 heteroatoms. The van der Waals surface area contributed by atoms with Gasteiger partial charge in [0.05, 0.1) is 7.11 Å². The van der Waals surface area contributed by atoms with Gasteiger partial charge in [0.15, 0.2) is 11.5 Å². The van der Waals surface area contributed by atoms with E-state index in [-0.39, 0.29) is 18.5 Å². The van der Waals surface area contributed by atoms with Gasteiger partial charge < -0.3 is 27.2 Å². The largest absolute Gasteiger partial charge is 1.00 e. The predicted molar refractivity (Wildman–Crippen MR) is 81.3 cm³/mol. The zero-order valence-corrected chi connectivity index (χ0v) is 13.1. The van der Waals surface area contributed by atoms with E-state index in [1.807, 2.05) is 49.5 Å². The van der Waals surface area contributed by atoms with Crippen LogP contribution in [0.3, 0.4) is 0 Å². The second-order valence-corrected chi connectivity index (χ2v) is 4.56. The summed E-state index contributed by atoms with van der Waals surface area (Å²) in [6.07, 6.45) is 0.915. The maximum Gasteiger partial charge on any atom is 0.162 e. The van der Waals surface area contributed by atoms with Crippen LogP contribution >= 0.6 is 0 Å². The van der Waals surface area contributed by atoms with Gasteiger partial charge in [0.1, 0.15) is 6.10 Å². The van der Waals surface area contributed by atoms with Crippen LogP contribution in [0.2, 0.25) is 0 Å². The Morgan fingerprint density at radius 2 is 1.57 bits per heavy atom. The van der Waals surface area contributed by atoms with Crippen molar-refractivity contribution in [3.63, 3.8) is 0 Å². The standard InChI is InChI=1S/C17H21NO2.ClH/c1-18-13-12-15(14-8-4-3-5-9-14)20-17-11-7-6-10-16(17)19-2;/h3-11,15,18H,12-13H2,1-2H3;1H/p-1. The number of rotatable bonds is 7. The fourth-order valence-corrected chi connectivity index (χ4v) is 2.11. The minimum absolute atomic E-state index is 0. The fourth-order valence-electron chi connectivity index (χ4n) is 2.11. The Kier molecular flexibility index (Phi) is 7.65. The number of para-hydroxylation sites is 2. The molecular formula is C17H21ClNO2-. The van der Waals surface area contributed by atoms with Gasteiger partial charge in [-0.3, -0.25) is 0 Å². The minimum atomic E-state index is 0. The second-order valence-electron chi connectivity index (χ2n) is 4.56. The van der Waals surface area contributed by atoms with Crippen molar-refractivity contribution in [2.24, 2.45) is 0 Å². The molecule has 0 radical (unpaired) electrons. The summed E-state index contributed by atoms with van der Waals surface area (Å²) < 4.78 is 11.5. The quantitative estimate of drug-likeness (QED) is 0.805. The average molecular weight is 307 g/mol. The molecule has 0 aliphatic rings. The molecule has 0 bridgehead atoms. The van der Waals surface area contributed by atoms with Gasteiger partial charge in [0.25, 0.3) is 0 Å². The van der Waals surface area contributed by atoms with Crippen molar-refractivity contribution in [1.29, 1.82) is 0 Å². The Balaban J connectivity index is 0.00000220. The van der Waals surface area contributed by atoms with Crippen LogP contribution in [-0.4, -0.2) is 20.7 Å². The lowest BCUT2D eigenvalue weighted by molar-refractivity contribution is -0.00000504. The SMILES string of the molecule is CNCCC(Oc1ccccc1OC)c1ccccc1.[Cl-]. The van der Waals surface area contributed by atoms with Crippen LogP contribution in [-0.2, 0) is 0 Å². The maximum absolute atomic E-state index is 6.16. The highest BCUT2D eigenvalue weighted by atomic mass is 35.5. The lowest BCUT2D eigenvalue weighted by atomic mass is 10.1. The first-order chi connectivity index (χ1) is 9.85. The average Bonchev–Trinajstić information content (AvgIpc) is 2.52. The third-order valence-corrected chi connectivity index (χ3v) is 3.17. The van der Waals surface area contributed by atoms with Gasteiger partial charge in [-0.05, 0) is 31.3 Å². The van der Waals surface area contributed by atoms with E-state index in [9.17, 15) is 0 Å². The Bertz CT molecular complexity index is 519. The summed E-state index contributed by atoms with van der Waals surface area (Å²) in [5.74, 6) is 1.54. The van der Waals surface area contributed by atoms with Crippen LogP contribution in [0.25, 0.3) is 0 Å². The molecular weight excluding hydrogens is 286 g/mol.